The molecule has 1 amide bonds. The molecule has 0 saturated carbocycles. The standard InChI is InChI=1S/C16H14ClNO2S/c17-15-7-2-1-6-14(15)16(20)18-10-13-9-12(11-21-13)5-3-4-8-19/h1-2,6-7,9,11,19H,4,8,10H2,(H,18,20). The van der Waals surface area contributed by atoms with Crippen molar-refractivity contribution in [1.29, 1.82) is 0 Å². The number of carbonyl (C=O) groups is 1. The minimum absolute atomic E-state index is 0.0673. The van der Waals surface area contributed by atoms with E-state index in [2.05, 4.69) is 17.2 Å². The number of rotatable bonds is 4. The van der Waals surface area contributed by atoms with Crippen molar-refractivity contribution in [3.63, 3.8) is 0 Å². The van der Waals surface area contributed by atoms with Gasteiger partial charge in [-0.25, -0.2) is 0 Å². The van der Waals surface area contributed by atoms with Gasteiger partial charge in [0.2, 0.25) is 0 Å². The van der Waals surface area contributed by atoms with Crippen LogP contribution in [0.4, 0.5) is 0 Å². The molecule has 2 rings (SSSR count). The van der Waals surface area contributed by atoms with Crippen molar-refractivity contribution in [2.75, 3.05) is 6.61 Å². The molecular weight excluding hydrogens is 306 g/mol. The van der Waals surface area contributed by atoms with Crippen LogP contribution in [0.1, 0.15) is 27.2 Å². The van der Waals surface area contributed by atoms with Gasteiger partial charge in [0, 0.05) is 22.2 Å². The van der Waals surface area contributed by atoms with Crippen LogP contribution in [0.2, 0.25) is 5.02 Å². The summed E-state index contributed by atoms with van der Waals surface area (Å²) in [7, 11) is 0. The number of amides is 1. The minimum atomic E-state index is -0.193. The maximum atomic E-state index is 12.0. The lowest BCUT2D eigenvalue weighted by Gasteiger charge is -2.04. The summed E-state index contributed by atoms with van der Waals surface area (Å²) in [4.78, 5) is 13.0. The normalized spacial score (nSPS) is 9.81. The maximum absolute atomic E-state index is 12.0. The number of nitrogens with one attached hydrogen (secondary N) is 1. The van der Waals surface area contributed by atoms with Gasteiger partial charge in [-0.3, -0.25) is 4.79 Å². The quantitative estimate of drug-likeness (QED) is 0.851. The number of carbonyl (C=O) groups excluding carboxylic acids is 1. The highest BCUT2D eigenvalue weighted by atomic mass is 35.5. The molecular formula is C16H14ClNO2S. The molecule has 0 aliphatic rings. The second-order valence-electron chi connectivity index (χ2n) is 4.24. The first-order valence-electron chi connectivity index (χ1n) is 6.40. The van der Waals surface area contributed by atoms with Crippen molar-refractivity contribution in [3.05, 3.63) is 56.7 Å². The van der Waals surface area contributed by atoms with Crippen molar-refractivity contribution in [2.24, 2.45) is 0 Å². The topological polar surface area (TPSA) is 49.3 Å². The molecule has 108 valence electrons. The van der Waals surface area contributed by atoms with Crippen LogP contribution in [0, 0.1) is 11.8 Å². The fraction of sp³-hybridized carbons (Fsp3) is 0.188. The Morgan fingerprint density at radius 3 is 2.95 bits per heavy atom. The fourth-order valence-electron chi connectivity index (χ4n) is 1.67. The average Bonchev–Trinajstić information content (AvgIpc) is 2.93. The molecule has 0 atom stereocenters. The predicted molar refractivity (Wildman–Crippen MR) is 85.5 cm³/mol. The lowest BCUT2D eigenvalue weighted by molar-refractivity contribution is 0.0951. The van der Waals surface area contributed by atoms with Crippen molar-refractivity contribution in [1.82, 2.24) is 5.32 Å². The van der Waals surface area contributed by atoms with Crippen LogP contribution in [0.25, 0.3) is 0 Å². The molecule has 0 radical (unpaired) electrons. The Hall–Kier alpha value is -1.80. The zero-order chi connectivity index (χ0) is 15.1. The van der Waals surface area contributed by atoms with Crippen molar-refractivity contribution >= 4 is 28.8 Å². The third-order valence-corrected chi connectivity index (χ3v) is 3.93. The summed E-state index contributed by atoms with van der Waals surface area (Å²) in [6.45, 7) is 0.508. The van der Waals surface area contributed by atoms with Crippen molar-refractivity contribution in [3.8, 4) is 11.8 Å². The van der Waals surface area contributed by atoms with Gasteiger partial charge >= 0.3 is 0 Å². The second-order valence-corrected chi connectivity index (χ2v) is 5.64. The van der Waals surface area contributed by atoms with Crippen molar-refractivity contribution in [2.45, 2.75) is 13.0 Å². The molecule has 0 aliphatic carbocycles. The van der Waals surface area contributed by atoms with E-state index in [1.165, 1.54) is 11.3 Å². The molecule has 3 nitrogen and oxygen atoms in total. The van der Waals surface area contributed by atoms with E-state index in [0.29, 0.717) is 23.6 Å². The van der Waals surface area contributed by atoms with Crippen LogP contribution < -0.4 is 5.32 Å². The summed E-state index contributed by atoms with van der Waals surface area (Å²) in [5.74, 6) is 5.63. The van der Waals surface area contributed by atoms with E-state index in [1.54, 1.807) is 24.3 Å². The molecule has 0 saturated heterocycles. The number of hydrogen-bond acceptors (Lipinski definition) is 3. The number of hydrogen-bond donors (Lipinski definition) is 2. The Bertz CT molecular complexity index is 685. The van der Waals surface area contributed by atoms with Crippen molar-refractivity contribution < 1.29 is 9.90 Å². The zero-order valence-corrected chi connectivity index (χ0v) is 12.8. The van der Waals surface area contributed by atoms with Gasteiger partial charge in [-0.15, -0.1) is 11.3 Å². The summed E-state index contributed by atoms with van der Waals surface area (Å²) in [5.41, 5.74) is 1.37. The highest BCUT2D eigenvalue weighted by molar-refractivity contribution is 7.10. The smallest absolute Gasteiger partial charge is 0.253 e. The number of thiophene rings is 1. The average molecular weight is 320 g/mol. The van der Waals surface area contributed by atoms with Gasteiger partial charge in [-0.05, 0) is 18.2 Å². The SMILES string of the molecule is O=C(NCc1cc(C#CCCO)cs1)c1ccccc1Cl. The van der Waals surface area contributed by atoms with E-state index in [1.807, 2.05) is 11.4 Å². The third-order valence-electron chi connectivity index (χ3n) is 2.66. The molecule has 0 unspecified atom stereocenters. The van der Waals surface area contributed by atoms with Crippen LogP contribution in [0.15, 0.2) is 35.7 Å². The highest BCUT2D eigenvalue weighted by Gasteiger charge is 2.09. The molecule has 1 heterocycles. The number of benzene rings is 1. The van der Waals surface area contributed by atoms with Gasteiger partial charge in [-0.1, -0.05) is 35.6 Å². The van der Waals surface area contributed by atoms with Crippen LogP contribution in [-0.2, 0) is 6.54 Å². The lowest BCUT2D eigenvalue weighted by atomic mass is 10.2. The van der Waals surface area contributed by atoms with Crippen LogP contribution in [0.5, 0.6) is 0 Å². The second kappa shape index (κ2) is 7.84. The van der Waals surface area contributed by atoms with Gasteiger partial charge in [-0.2, -0.15) is 0 Å². The summed E-state index contributed by atoms with van der Waals surface area (Å²) >= 11 is 7.52. The lowest BCUT2D eigenvalue weighted by Crippen LogP contribution is -2.22. The van der Waals surface area contributed by atoms with Gasteiger partial charge in [0.25, 0.3) is 5.91 Å². The monoisotopic (exact) mass is 319 g/mol. The Kier molecular flexibility index (Phi) is 5.82. The number of aliphatic hydroxyl groups excluding tert-OH is 1. The number of aliphatic hydroxyl groups is 1. The van der Waals surface area contributed by atoms with Crippen LogP contribution in [-0.4, -0.2) is 17.6 Å². The molecule has 0 aliphatic heterocycles. The predicted octanol–water partition coefficient (Wildman–Crippen LogP) is 3.07. The first-order chi connectivity index (χ1) is 10.2. The summed E-state index contributed by atoms with van der Waals surface area (Å²) < 4.78 is 0. The van der Waals surface area contributed by atoms with E-state index in [9.17, 15) is 4.79 Å². The molecule has 1 aromatic carbocycles. The van der Waals surface area contributed by atoms with E-state index >= 15 is 0 Å². The summed E-state index contributed by atoms with van der Waals surface area (Å²) in [5, 5.41) is 13.9. The number of halogens is 1. The molecule has 2 aromatic rings. The first-order valence-corrected chi connectivity index (χ1v) is 7.66. The Labute approximate surface area is 132 Å². The summed E-state index contributed by atoms with van der Waals surface area (Å²) in [6.07, 6.45) is 0.467. The summed E-state index contributed by atoms with van der Waals surface area (Å²) in [6, 6.07) is 8.88. The Morgan fingerprint density at radius 2 is 2.19 bits per heavy atom. The Morgan fingerprint density at radius 1 is 1.38 bits per heavy atom. The zero-order valence-electron chi connectivity index (χ0n) is 11.2. The molecule has 0 fully saturated rings. The Balaban J connectivity index is 1.93. The molecule has 1 aromatic heterocycles. The fourth-order valence-corrected chi connectivity index (χ4v) is 2.64. The van der Waals surface area contributed by atoms with Crippen LogP contribution >= 0.6 is 22.9 Å². The highest BCUT2D eigenvalue weighted by Crippen LogP contribution is 2.16. The molecule has 0 spiro atoms. The molecule has 2 N–H and O–H groups in total. The molecule has 5 heteroatoms. The van der Waals surface area contributed by atoms with E-state index in [-0.39, 0.29) is 12.5 Å². The van der Waals surface area contributed by atoms with Crippen LogP contribution in [0.3, 0.4) is 0 Å². The van der Waals surface area contributed by atoms with Gasteiger partial charge in [0.05, 0.1) is 23.7 Å². The maximum Gasteiger partial charge on any atom is 0.253 e. The van der Waals surface area contributed by atoms with E-state index in [4.69, 9.17) is 16.7 Å². The molecule has 0 bridgehead atoms. The molecule has 21 heavy (non-hydrogen) atoms. The van der Waals surface area contributed by atoms with Gasteiger partial charge in [0.1, 0.15) is 0 Å². The minimum Gasteiger partial charge on any atom is -0.395 e. The van der Waals surface area contributed by atoms with Gasteiger partial charge in [0.15, 0.2) is 0 Å². The van der Waals surface area contributed by atoms with Gasteiger partial charge < -0.3 is 10.4 Å². The van der Waals surface area contributed by atoms with E-state index in [0.717, 1.165) is 10.4 Å². The van der Waals surface area contributed by atoms with E-state index < -0.39 is 0 Å². The third kappa shape index (κ3) is 4.61. The first kappa shape index (κ1) is 15.6. The largest absolute Gasteiger partial charge is 0.395 e.